The number of nitrogens with zero attached hydrogens (tertiary/aromatic N) is 3. The third-order valence-corrected chi connectivity index (χ3v) is 2.75. The number of rotatable bonds is 3. The van der Waals surface area contributed by atoms with Crippen LogP contribution in [0.1, 0.15) is 36.6 Å². The minimum Gasteiger partial charge on any atom is -0.233 e. The fraction of sp³-hybridized carbons (Fsp3) is 0.545. The predicted molar refractivity (Wildman–Crippen MR) is 52.7 cm³/mol. The van der Waals surface area contributed by atoms with Crippen LogP contribution in [0.25, 0.3) is 0 Å². The molecule has 0 bridgehead atoms. The maximum Gasteiger partial charge on any atom is 0.451 e. The lowest BCUT2D eigenvalue weighted by molar-refractivity contribution is -0.145. The van der Waals surface area contributed by atoms with Crippen LogP contribution in [0.2, 0.25) is 0 Å². The molecule has 90 valence electrons. The van der Waals surface area contributed by atoms with Gasteiger partial charge in [-0.05, 0) is 12.3 Å². The van der Waals surface area contributed by atoms with Crippen molar-refractivity contribution in [1.29, 1.82) is 5.26 Å². The molecule has 0 saturated heterocycles. The van der Waals surface area contributed by atoms with E-state index in [2.05, 4.69) is 16.0 Å². The largest absolute Gasteiger partial charge is 0.451 e. The van der Waals surface area contributed by atoms with Crippen molar-refractivity contribution in [3.05, 3.63) is 23.8 Å². The van der Waals surface area contributed by atoms with Crippen molar-refractivity contribution in [3.8, 4) is 6.07 Å². The number of nitriles is 1. The Hall–Kier alpha value is -1.64. The zero-order valence-corrected chi connectivity index (χ0v) is 8.91. The molecule has 1 atom stereocenters. The summed E-state index contributed by atoms with van der Waals surface area (Å²) >= 11 is 0. The van der Waals surface area contributed by atoms with Gasteiger partial charge in [-0.3, -0.25) is 0 Å². The molecule has 1 fully saturated rings. The maximum atomic E-state index is 12.2. The van der Waals surface area contributed by atoms with Crippen LogP contribution >= 0.6 is 0 Å². The van der Waals surface area contributed by atoms with Crippen LogP contribution in [0.5, 0.6) is 0 Å². The quantitative estimate of drug-likeness (QED) is 0.817. The lowest BCUT2D eigenvalue weighted by Crippen LogP contribution is -2.11. The highest BCUT2D eigenvalue weighted by Gasteiger charge is 2.34. The second-order valence-corrected chi connectivity index (χ2v) is 4.20. The fourth-order valence-electron chi connectivity index (χ4n) is 1.61. The normalized spacial score (nSPS) is 17.5. The Balaban J connectivity index is 2.13. The summed E-state index contributed by atoms with van der Waals surface area (Å²) in [5.74, 6) is -1.03. The molecule has 0 spiro atoms. The average Bonchev–Trinajstić information content (AvgIpc) is 3.09. The van der Waals surface area contributed by atoms with E-state index in [0.717, 1.165) is 25.2 Å². The van der Waals surface area contributed by atoms with E-state index in [1.165, 1.54) is 0 Å². The van der Waals surface area contributed by atoms with Gasteiger partial charge in [-0.2, -0.15) is 18.4 Å². The molecule has 1 aliphatic rings. The number of halogens is 3. The summed E-state index contributed by atoms with van der Waals surface area (Å²) in [5, 5.41) is 8.96. The second kappa shape index (κ2) is 4.32. The highest BCUT2D eigenvalue weighted by Crippen LogP contribution is 2.38. The first-order chi connectivity index (χ1) is 8.00. The predicted octanol–water partition coefficient (Wildman–Crippen LogP) is 2.90. The Kier molecular flexibility index (Phi) is 3.01. The SMILES string of the molecule is N#C[C@H](CC1CC1)c1cnc(C(F)(F)F)nc1. The minimum absolute atomic E-state index is 0.398. The molecule has 0 aliphatic heterocycles. The van der Waals surface area contributed by atoms with Gasteiger partial charge in [0.2, 0.25) is 5.82 Å². The van der Waals surface area contributed by atoms with Crippen molar-refractivity contribution in [2.24, 2.45) is 5.92 Å². The molecule has 0 radical (unpaired) electrons. The smallest absolute Gasteiger partial charge is 0.233 e. The van der Waals surface area contributed by atoms with E-state index < -0.39 is 17.9 Å². The zero-order chi connectivity index (χ0) is 12.5. The highest BCUT2D eigenvalue weighted by atomic mass is 19.4. The molecular formula is C11H10F3N3. The fourth-order valence-corrected chi connectivity index (χ4v) is 1.61. The Bertz CT molecular complexity index is 429. The number of alkyl halides is 3. The molecule has 0 amide bonds. The van der Waals surface area contributed by atoms with E-state index in [9.17, 15) is 13.2 Å². The standard InChI is InChI=1S/C11H10F3N3/c12-11(13,14)10-16-5-9(6-17-10)8(4-15)3-7-1-2-7/h5-8H,1-3H2/t8-/m0/s1. The first-order valence-corrected chi connectivity index (χ1v) is 5.29. The van der Waals surface area contributed by atoms with E-state index in [4.69, 9.17) is 5.26 Å². The van der Waals surface area contributed by atoms with E-state index in [1.54, 1.807) is 0 Å². The van der Waals surface area contributed by atoms with Crippen molar-refractivity contribution in [2.45, 2.75) is 31.4 Å². The Morgan fingerprint density at radius 2 is 1.94 bits per heavy atom. The number of aromatic nitrogens is 2. The van der Waals surface area contributed by atoms with Crippen molar-refractivity contribution < 1.29 is 13.2 Å². The Morgan fingerprint density at radius 1 is 1.35 bits per heavy atom. The van der Waals surface area contributed by atoms with Gasteiger partial charge in [-0.15, -0.1) is 0 Å². The van der Waals surface area contributed by atoms with Crippen molar-refractivity contribution in [1.82, 2.24) is 9.97 Å². The molecule has 2 rings (SSSR count). The van der Waals surface area contributed by atoms with Crippen LogP contribution < -0.4 is 0 Å². The Labute approximate surface area is 96.3 Å². The zero-order valence-electron chi connectivity index (χ0n) is 8.91. The van der Waals surface area contributed by atoms with Gasteiger partial charge in [-0.1, -0.05) is 12.8 Å². The summed E-state index contributed by atoms with van der Waals surface area (Å²) in [6.07, 6.45) is 0.555. The van der Waals surface area contributed by atoms with Crippen LogP contribution in [0.4, 0.5) is 13.2 Å². The molecule has 1 heterocycles. The topological polar surface area (TPSA) is 49.6 Å². The number of hydrogen-bond donors (Lipinski definition) is 0. The van der Waals surface area contributed by atoms with Crippen LogP contribution in [0, 0.1) is 17.2 Å². The van der Waals surface area contributed by atoms with Gasteiger partial charge in [0, 0.05) is 18.0 Å². The molecule has 0 unspecified atom stereocenters. The first-order valence-electron chi connectivity index (χ1n) is 5.29. The lowest BCUT2D eigenvalue weighted by Gasteiger charge is -2.09. The van der Waals surface area contributed by atoms with Gasteiger partial charge in [0.15, 0.2) is 0 Å². The third kappa shape index (κ3) is 2.93. The first kappa shape index (κ1) is 11.8. The molecule has 0 aromatic carbocycles. The summed E-state index contributed by atoms with van der Waals surface area (Å²) in [6.45, 7) is 0. The van der Waals surface area contributed by atoms with Crippen LogP contribution in [0.15, 0.2) is 12.4 Å². The summed E-state index contributed by atoms with van der Waals surface area (Å²) in [5.41, 5.74) is 0.465. The van der Waals surface area contributed by atoms with Gasteiger partial charge in [0.25, 0.3) is 0 Å². The molecular weight excluding hydrogens is 231 g/mol. The second-order valence-electron chi connectivity index (χ2n) is 4.20. The highest BCUT2D eigenvalue weighted by molar-refractivity contribution is 5.20. The molecule has 17 heavy (non-hydrogen) atoms. The van der Waals surface area contributed by atoms with E-state index in [1.807, 2.05) is 0 Å². The third-order valence-electron chi connectivity index (χ3n) is 2.75. The van der Waals surface area contributed by atoms with E-state index in [-0.39, 0.29) is 0 Å². The van der Waals surface area contributed by atoms with Gasteiger partial charge >= 0.3 is 6.18 Å². The number of hydrogen-bond acceptors (Lipinski definition) is 3. The Morgan fingerprint density at radius 3 is 2.35 bits per heavy atom. The summed E-state index contributed by atoms with van der Waals surface area (Å²) in [6, 6.07) is 2.09. The van der Waals surface area contributed by atoms with Gasteiger partial charge < -0.3 is 0 Å². The van der Waals surface area contributed by atoms with Crippen molar-refractivity contribution >= 4 is 0 Å². The summed E-state index contributed by atoms with van der Waals surface area (Å²) in [4.78, 5) is 6.52. The molecule has 6 heteroatoms. The average molecular weight is 241 g/mol. The molecule has 1 aromatic heterocycles. The van der Waals surface area contributed by atoms with Crippen LogP contribution in [0.3, 0.4) is 0 Å². The van der Waals surface area contributed by atoms with Gasteiger partial charge in [-0.25, -0.2) is 9.97 Å². The molecule has 1 aromatic rings. The molecule has 1 aliphatic carbocycles. The molecule has 3 nitrogen and oxygen atoms in total. The minimum atomic E-state index is -4.53. The lowest BCUT2D eigenvalue weighted by atomic mass is 9.97. The van der Waals surface area contributed by atoms with Crippen LogP contribution in [-0.4, -0.2) is 9.97 Å². The van der Waals surface area contributed by atoms with Crippen molar-refractivity contribution in [3.63, 3.8) is 0 Å². The van der Waals surface area contributed by atoms with E-state index in [0.29, 0.717) is 17.9 Å². The van der Waals surface area contributed by atoms with E-state index >= 15 is 0 Å². The van der Waals surface area contributed by atoms with Gasteiger partial charge in [0.05, 0.1) is 12.0 Å². The molecule has 0 N–H and O–H groups in total. The summed E-state index contributed by atoms with van der Waals surface area (Å²) in [7, 11) is 0. The van der Waals surface area contributed by atoms with Gasteiger partial charge in [0.1, 0.15) is 0 Å². The monoisotopic (exact) mass is 241 g/mol. The summed E-state index contributed by atoms with van der Waals surface area (Å²) < 4.78 is 36.7. The van der Waals surface area contributed by atoms with Crippen LogP contribution in [-0.2, 0) is 6.18 Å². The maximum absolute atomic E-state index is 12.2. The van der Waals surface area contributed by atoms with Crippen molar-refractivity contribution in [2.75, 3.05) is 0 Å². The molecule has 1 saturated carbocycles.